The molecular weight excluding hydrogens is 574 g/mol. The number of ether oxygens (including phenoxy) is 1. The Morgan fingerprint density at radius 1 is 0.932 bits per heavy atom. The second kappa shape index (κ2) is 14.8. The van der Waals surface area contributed by atoms with Crippen molar-refractivity contribution in [3.63, 3.8) is 0 Å². The summed E-state index contributed by atoms with van der Waals surface area (Å²) in [6.07, 6.45) is 5.51. The van der Waals surface area contributed by atoms with E-state index >= 15 is 0 Å². The number of nitrogens with zero attached hydrogens (tertiary/aromatic N) is 2. The largest absolute Gasteiger partial charge is 0.497 e. The molecule has 8 nitrogen and oxygen atoms in total. The van der Waals surface area contributed by atoms with E-state index in [1.54, 1.807) is 43.5 Å². The highest BCUT2D eigenvalue weighted by Crippen LogP contribution is 2.27. The van der Waals surface area contributed by atoms with E-state index in [2.05, 4.69) is 5.32 Å². The number of hydrogen-bond acceptors (Lipinski definition) is 5. The van der Waals surface area contributed by atoms with E-state index in [0.29, 0.717) is 17.9 Å². The molecule has 2 amide bonds. The van der Waals surface area contributed by atoms with Gasteiger partial charge in [0.2, 0.25) is 11.8 Å². The maximum atomic E-state index is 14.4. The maximum Gasteiger partial charge on any atom is 0.264 e. The molecule has 1 N–H and O–H groups in total. The van der Waals surface area contributed by atoms with Crippen LogP contribution in [0.1, 0.15) is 67.7 Å². The van der Waals surface area contributed by atoms with Gasteiger partial charge in [0.25, 0.3) is 10.0 Å². The van der Waals surface area contributed by atoms with Crippen molar-refractivity contribution < 1.29 is 22.7 Å². The Morgan fingerprint density at radius 3 is 2.27 bits per heavy atom. The highest BCUT2D eigenvalue weighted by atomic mass is 32.2. The minimum absolute atomic E-state index is 0.0769. The van der Waals surface area contributed by atoms with Crippen LogP contribution in [0.2, 0.25) is 0 Å². The van der Waals surface area contributed by atoms with Gasteiger partial charge in [-0.2, -0.15) is 0 Å². The van der Waals surface area contributed by atoms with Crippen LogP contribution in [-0.2, 0) is 26.2 Å². The van der Waals surface area contributed by atoms with Gasteiger partial charge in [0, 0.05) is 12.6 Å². The smallest absolute Gasteiger partial charge is 0.264 e. The molecule has 3 aromatic carbocycles. The first kappa shape index (κ1) is 33.1. The molecule has 1 atom stereocenters. The van der Waals surface area contributed by atoms with Gasteiger partial charge in [-0.25, -0.2) is 8.42 Å². The van der Waals surface area contributed by atoms with Gasteiger partial charge in [0.15, 0.2) is 0 Å². The molecule has 0 bridgehead atoms. The molecule has 0 heterocycles. The summed E-state index contributed by atoms with van der Waals surface area (Å²) in [6, 6.07) is 18.6. The number of benzene rings is 3. The molecule has 1 aliphatic carbocycles. The molecule has 1 fully saturated rings. The first-order chi connectivity index (χ1) is 21.0. The van der Waals surface area contributed by atoms with Crippen molar-refractivity contribution in [1.29, 1.82) is 0 Å². The number of nitrogens with one attached hydrogen (secondary N) is 1. The molecule has 1 aliphatic rings. The number of rotatable bonds is 12. The molecule has 0 radical (unpaired) electrons. The number of amides is 2. The van der Waals surface area contributed by atoms with Gasteiger partial charge in [-0.3, -0.25) is 13.9 Å². The van der Waals surface area contributed by atoms with Crippen LogP contribution < -0.4 is 14.4 Å². The van der Waals surface area contributed by atoms with E-state index in [0.717, 1.165) is 58.7 Å². The lowest BCUT2D eigenvalue weighted by Crippen LogP contribution is -2.54. The summed E-state index contributed by atoms with van der Waals surface area (Å²) in [7, 11) is -2.55. The molecule has 0 aliphatic heterocycles. The van der Waals surface area contributed by atoms with Crippen molar-refractivity contribution in [2.75, 3.05) is 18.0 Å². The minimum atomic E-state index is -4.12. The first-order valence-corrected chi connectivity index (χ1v) is 16.9. The van der Waals surface area contributed by atoms with Crippen LogP contribution in [-0.4, -0.2) is 50.9 Å². The summed E-state index contributed by atoms with van der Waals surface area (Å²) >= 11 is 0. The van der Waals surface area contributed by atoms with Crippen molar-refractivity contribution in [3.05, 3.63) is 89.0 Å². The average molecular weight is 620 g/mol. The average Bonchev–Trinajstić information content (AvgIpc) is 3.01. The fraction of sp³-hybridized carbons (Fsp3) is 0.429. The standard InChI is InChI=1S/C35H45N3O5S/c1-6-33(35(40)36-29-12-8-7-9-13-29)37(23-28-11-10-14-31(22-28)43-5)34(39)24-38(30-18-17-26(3)27(4)21-30)44(41,42)32-19-15-25(2)16-20-32/h10-11,14-22,29,33H,6-9,12-13,23-24H2,1-5H3,(H,36,40). The van der Waals surface area contributed by atoms with Crippen LogP contribution >= 0.6 is 0 Å². The summed E-state index contributed by atoms with van der Waals surface area (Å²) in [5.74, 6) is -0.0459. The molecule has 236 valence electrons. The second-order valence-corrected chi connectivity index (χ2v) is 13.6. The number of methoxy groups -OCH3 is 1. The molecular formula is C35H45N3O5S. The summed E-state index contributed by atoms with van der Waals surface area (Å²) in [5.41, 5.74) is 4.02. The quantitative estimate of drug-likeness (QED) is 0.266. The number of carbonyl (C=O) groups is 2. The number of carbonyl (C=O) groups excluding carboxylic acids is 2. The summed E-state index contributed by atoms with van der Waals surface area (Å²) in [4.78, 5) is 29.7. The highest BCUT2D eigenvalue weighted by Gasteiger charge is 2.34. The van der Waals surface area contributed by atoms with Crippen LogP contribution in [0.5, 0.6) is 5.75 Å². The Morgan fingerprint density at radius 2 is 1.64 bits per heavy atom. The lowest BCUT2D eigenvalue weighted by atomic mass is 9.95. The van der Waals surface area contributed by atoms with Gasteiger partial charge >= 0.3 is 0 Å². The number of hydrogen-bond donors (Lipinski definition) is 1. The molecule has 1 unspecified atom stereocenters. The van der Waals surface area contributed by atoms with Gasteiger partial charge in [-0.15, -0.1) is 0 Å². The number of aryl methyl sites for hydroxylation is 3. The van der Waals surface area contributed by atoms with Gasteiger partial charge in [0.1, 0.15) is 18.3 Å². The van der Waals surface area contributed by atoms with Crippen molar-refractivity contribution >= 4 is 27.5 Å². The summed E-state index contributed by atoms with van der Waals surface area (Å²) in [5, 5.41) is 3.18. The number of anilines is 1. The van der Waals surface area contributed by atoms with Gasteiger partial charge in [-0.05, 0) is 93.1 Å². The van der Waals surface area contributed by atoms with E-state index in [-0.39, 0.29) is 23.4 Å². The highest BCUT2D eigenvalue weighted by molar-refractivity contribution is 7.92. The zero-order valence-corrected chi connectivity index (χ0v) is 27.3. The minimum Gasteiger partial charge on any atom is -0.497 e. The van der Waals surface area contributed by atoms with E-state index in [1.807, 2.05) is 58.0 Å². The zero-order chi connectivity index (χ0) is 31.9. The third-order valence-electron chi connectivity index (χ3n) is 8.49. The Bertz CT molecular complexity index is 1550. The monoisotopic (exact) mass is 619 g/mol. The van der Waals surface area contributed by atoms with Gasteiger partial charge < -0.3 is 15.0 Å². The fourth-order valence-corrected chi connectivity index (χ4v) is 7.08. The van der Waals surface area contributed by atoms with Crippen LogP contribution in [0.4, 0.5) is 5.69 Å². The first-order valence-electron chi connectivity index (χ1n) is 15.4. The predicted molar refractivity (Wildman–Crippen MR) is 174 cm³/mol. The van der Waals surface area contributed by atoms with Gasteiger partial charge in [-0.1, -0.05) is 62.1 Å². The van der Waals surface area contributed by atoms with E-state index in [4.69, 9.17) is 4.74 Å². The van der Waals surface area contributed by atoms with Gasteiger partial charge in [0.05, 0.1) is 17.7 Å². The van der Waals surface area contributed by atoms with Crippen LogP contribution in [0, 0.1) is 20.8 Å². The molecule has 0 aromatic heterocycles. The molecule has 44 heavy (non-hydrogen) atoms. The molecule has 9 heteroatoms. The Labute approximate surface area is 262 Å². The Kier molecular flexibility index (Phi) is 11.1. The predicted octanol–water partition coefficient (Wildman–Crippen LogP) is 6.07. The van der Waals surface area contributed by atoms with E-state index in [1.165, 1.54) is 4.90 Å². The molecule has 0 spiro atoms. The fourth-order valence-electron chi connectivity index (χ4n) is 5.68. The van der Waals surface area contributed by atoms with Crippen molar-refractivity contribution in [3.8, 4) is 5.75 Å². The normalized spacial score (nSPS) is 14.5. The van der Waals surface area contributed by atoms with Crippen molar-refractivity contribution in [2.45, 2.75) is 89.7 Å². The van der Waals surface area contributed by atoms with Crippen LogP contribution in [0.15, 0.2) is 71.6 Å². The Balaban J connectivity index is 1.73. The molecule has 1 saturated carbocycles. The summed E-state index contributed by atoms with van der Waals surface area (Å²) in [6.45, 7) is 7.29. The van der Waals surface area contributed by atoms with Crippen LogP contribution in [0.3, 0.4) is 0 Å². The van der Waals surface area contributed by atoms with Crippen LogP contribution in [0.25, 0.3) is 0 Å². The lowest BCUT2D eigenvalue weighted by Gasteiger charge is -2.34. The Hall–Kier alpha value is -3.85. The number of sulfonamides is 1. The molecule has 0 saturated heterocycles. The second-order valence-electron chi connectivity index (χ2n) is 11.7. The molecule has 4 rings (SSSR count). The van der Waals surface area contributed by atoms with Crippen molar-refractivity contribution in [1.82, 2.24) is 10.2 Å². The maximum absolute atomic E-state index is 14.4. The summed E-state index contributed by atoms with van der Waals surface area (Å²) < 4.78 is 34.8. The third-order valence-corrected chi connectivity index (χ3v) is 10.3. The lowest BCUT2D eigenvalue weighted by molar-refractivity contribution is -0.140. The topological polar surface area (TPSA) is 96.0 Å². The van der Waals surface area contributed by atoms with E-state index in [9.17, 15) is 18.0 Å². The third kappa shape index (κ3) is 8.00. The molecule has 3 aromatic rings. The van der Waals surface area contributed by atoms with E-state index < -0.39 is 28.5 Å². The SMILES string of the molecule is CCC(C(=O)NC1CCCCC1)N(Cc1cccc(OC)c1)C(=O)CN(c1ccc(C)c(C)c1)S(=O)(=O)c1ccc(C)cc1. The zero-order valence-electron chi connectivity index (χ0n) is 26.5. The van der Waals surface area contributed by atoms with Crippen molar-refractivity contribution in [2.24, 2.45) is 0 Å².